The molecular formula is C16H24O2. The van der Waals surface area contributed by atoms with Gasteiger partial charge in [0.05, 0.1) is 5.60 Å². The van der Waals surface area contributed by atoms with Gasteiger partial charge in [-0.25, -0.2) is 0 Å². The van der Waals surface area contributed by atoms with Crippen LogP contribution in [0.1, 0.15) is 55.4 Å². The number of aliphatic hydroxyl groups excluding tert-OH is 1. The second-order valence-electron chi connectivity index (χ2n) is 5.98. The van der Waals surface area contributed by atoms with Crippen molar-refractivity contribution in [2.45, 2.75) is 58.2 Å². The number of aliphatic hydroxyl groups is 2. The molecule has 1 aliphatic rings. The Kier molecular flexibility index (Phi) is 3.79. The van der Waals surface area contributed by atoms with E-state index in [1.165, 1.54) is 5.56 Å². The molecule has 18 heavy (non-hydrogen) atoms. The van der Waals surface area contributed by atoms with Crippen LogP contribution in [0.2, 0.25) is 0 Å². The van der Waals surface area contributed by atoms with E-state index < -0.39 is 11.7 Å². The van der Waals surface area contributed by atoms with E-state index in [1.54, 1.807) is 0 Å². The molecule has 1 aromatic rings. The van der Waals surface area contributed by atoms with Gasteiger partial charge < -0.3 is 10.2 Å². The summed E-state index contributed by atoms with van der Waals surface area (Å²) in [6.07, 6.45) is 2.63. The van der Waals surface area contributed by atoms with Gasteiger partial charge in [0, 0.05) is 0 Å². The number of aryl methyl sites for hydroxylation is 1. The molecule has 2 heteroatoms. The summed E-state index contributed by atoms with van der Waals surface area (Å²) in [6, 6.07) is 5.93. The molecule has 1 fully saturated rings. The molecule has 0 amide bonds. The molecule has 2 N–H and O–H groups in total. The molecule has 1 saturated carbocycles. The SMILES string of the molecule is Cc1cccc(C(O)C2(O)CCC(C)CC2)c1C. The number of benzene rings is 1. The molecule has 0 aromatic heterocycles. The van der Waals surface area contributed by atoms with Crippen molar-refractivity contribution in [2.24, 2.45) is 5.92 Å². The first-order valence-electron chi connectivity index (χ1n) is 6.90. The zero-order valence-corrected chi connectivity index (χ0v) is 11.6. The third-order valence-corrected chi connectivity index (χ3v) is 4.59. The Balaban J connectivity index is 2.25. The normalized spacial score (nSPS) is 30.2. The molecule has 2 rings (SSSR count). The average Bonchev–Trinajstić information content (AvgIpc) is 2.36. The van der Waals surface area contributed by atoms with Gasteiger partial charge >= 0.3 is 0 Å². The molecule has 1 aliphatic carbocycles. The zero-order chi connectivity index (χ0) is 13.3. The maximum Gasteiger partial charge on any atom is 0.108 e. The summed E-state index contributed by atoms with van der Waals surface area (Å²) in [5, 5.41) is 21.2. The maximum atomic E-state index is 10.7. The van der Waals surface area contributed by atoms with E-state index in [-0.39, 0.29) is 0 Å². The molecule has 1 aromatic carbocycles. The highest BCUT2D eigenvalue weighted by Gasteiger charge is 2.39. The van der Waals surface area contributed by atoms with Crippen molar-refractivity contribution < 1.29 is 10.2 Å². The summed E-state index contributed by atoms with van der Waals surface area (Å²) in [4.78, 5) is 0. The lowest BCUT2D eigenvalue weighted by molar-refractivity contribution is -0.105. The van der Waals surface area contributed by atoms with Crippen molar-refractivity contribution in [3.63, 3.8) is 0 Å². The Morgan fingerprint density at radius 3 is 2.44 bits per heavy atom. The van der Waals surface area contributed by atoms with Crippen LogP contribution in [-0.2, 0) is 0 Å². The van der Waals surface area contributed by atoms with E-state index in [4.69, 9.17) is 0 Å². The van der Waals surface area contributed by atoms with Gasteiger partial charge in [0.15, 0.2) is 0 Å². The number of rotatable bonds is 2. The topological polar surface area (TPSA) is 40.5 Å². The van der Waals surface area contributed by atoms with Crippen molar-refractivity contribution in [3.05, 3.63) is 34.9 Å². The van der Waals surface area contributed by atoms with E-state index in [2.05, 4.69) is 6.92 Å². The highest BCUT2D eigenvalue weighted by atomic mass is 16.3. The zero-order valence-electron chi connectivity index (χ0n) is 11.6. The van der Waals surface area contributed by atoms with E-state index in [0.717, 1.165) is 24.0 Å². The first-order chi connectivity index (χ1) is 8.44. The van der Waals surface area contributed by atoms with Gasteiger partial charge in [0.1, 0.15) is 6.10 Å². The summed E-state index contributed by atoms with van der Waals surface area (Å²) in [6.45, 7) is 6.27. The first-order valence-corrected chi connectivity index (χ1v) is 6.90. The summed E-state index contributed by atoms with van der Waals surface area (Å²) >= 11 is 0. The van der Waals surface area contributed by atoms with E-state index >= 15 is 0 Å². The Hall–Kier alpha value is -0.860. The molecule has 0 spiro atoms. The second-order valence-corrected chi connectivity index (χ2v) is 5.98. The fraction of sp³-hybridized carbons (Fsp3) is 0.625. The second kappa shape index (κ2) is 5.02. The minimum absolute atomic E-state index is 0.663. The molecule has 1 atom stereocenters. The Labute approximate surface area is 110 Å². The quantitative estimate of drug-likeness (QED) is 0.843. The lowest BCUT2D eigenvalue weighted by Crippen LogP contribution is -2.40. The van der Waals surface area contributed by atoms with E-state index in [9.17, 15) is 10.2 Å². The van der Waals surface area contributed by atoms with Gasteiger partial charge in [-0.15, -0.1) is 0 Å². The Bertz CT molecular complexity index is 417. The van der Waals surface area contributed by atoms with Crippen LogP contribution in [0.3, 0.4) is 0 Å². The lowest BCUT2D eigenvalue weighted by atomic mass is 9.74. The smallest absolute Gasteiger partial charge is 0.108 e. The molecule has 0 saturated heterocycles. The summed E-state index contributed by atoms with van der Waals surface area (Å²) < 4.78 is 0. The standard InChI is InChI=1S/C16H24O2/c1-11-7-9-16(18,10-8-11)15(17)14-6-4-5-12(2)13(14)3/h4-6,11,15,17-18H,7-10H2,1-3H3. The fourth-order valence-corrected chi connectivity index (χ4v) is 2.89. The van der Waals surface area contributed by atoms with Crippen LogP contribution in [0.25, 0.3) is 0 Å². The van der Waals surface area contributed by atoms with Crippen molar-refractivity contribution in [2.75, 3.05) is 0 Å². The van der Waals surface area contributed by atoms with E-state index in [0.29, 0.717) is 18.8 Å². The van der Waals surface area contributed by atoms with Crippen LogP contribution in [-0.4, -0.2) is 15.8 Å². The monoisotopic (exact) mass is 248 g/mol. The van der Waals surface area contributed by atoms with Crippen molar-refractivity contribution in [1.29, 1.82) is 0 Å². The molecule has 0 bridgehead atoms. The van der Waals surface area contributed by atoms with Crippen LogP contribution in [0.5, 0.6) is 0 Å². The minimum Gasteiger partial charge on any atom is -0.387 e. The summed E-state index contributed by atoms with van der Waals surface area (Å²) in [5.41, 5.74) is 2.20. The van der Waals surface area contributed by atoms with Gasteiger partial charge in [0.25, 0.3) is 0 Å². The van der Waals surface area contributed by atoms with Crippen LogP contribution in [0.4, 0.5) is 0 Å². The molecule has 1 unspecified atom stereocenters. The van der Waals surface area contributed by atoms with Gasteiger partial charge in [0.2, 0.25) is 0 Å². The molecule has 0 aliphatic heterocycles. The predicted octanol–water partition coefficient (Wildman–Crippen LogP) is 3.28. The van der Waals surface area contributed by atoms with Crippen molar-refractivity contribution >= 4 is 0 Å². The maximum absolute atomic E-state index is 10.7. The molecule has 0 heterocycles. The fourth-order valence-electron chi connectivity index (χ4n) is 2.89. The van der Waals surface area contributed by atoms with Gasteiger partial charge in [-0.1, -0.05) is 25.1 Å². The predicted molar refractivity (Wildman–Crippen MR) is 73.5 cm³/mol. The first kappa shape index (κ1) is 13.6. The third-order valence-electron chi connectivity index (χ3n) is 4.59. The number of hydrogen-bond acceptors (Lipinski definition) is 2. The Morgan fingerprint density at radius 1 is 1.22 bits per heavy atom. The Morgan fingerprint density at radius 2 is 1.83 bits per heavy atom. The van der Waals surface area contributed by atoms with Gasteiger partial charge in [-0.3, -0.25) is 0 Å². The average molecular weight is 248 g/mol. The van der Waals surface area contributed by atoms with E-state index in [1.807, 2.05) is 32.0 Å². The molecule has 100 valence electrons. The van der Waals surface area contributed by atoms with Crippen LogP contribution >= 0.6 is 0 Å². The molecule has 0 radical (unpaired) electrons. The van der Waals surface area contributed by atoms with Gasteiger partial charge in [-0.2, -0.15) is 0 Å². The van der Waals surface area contributed by atoms with Crippen LogP contribution in [0, 0.1) is 19.8 Å². The molecule has 2 nitrogen and oxygen atoms in total. The van der Waals surface area contributed by atoms with Gasteiger partial charge in [-0.05, 0) is 62.1 Å². The minimum atomic E-state index is -0.939. The van der Waals surface area contributed by atoms with Crippen LogP contribution in [0.15, 0.2) is 18.2 Å². The van der Waals surface area contributed by atoms with Crippen LogP contribution < -0.4 is 0 Å². The summed E-state index contributed by atoms with van der Waals surface area (Å²) in [5.74, 6) is 0.663. The summed E-state index contributed by atoms with van der Waals surface area (Å²) in [7, 11) is 0. The number of hydrogen-bond donors (Lipinski definition) is 2. The largest absolute Gasteiger partial charge is 0.387 e. The molecular weight excluding hydrogens is 224 g/mol. The lowest BCUT2D eigenvalue weighted by Gasteiger charge is -2.39. The van der Waals surface area contributed by atoms with Crippen molar-refractivity contribution in [1.82, 2.24) is 0 Å². The highest BCUT2D eigenvalue weighted by molar-refractivity contribution is 5.36. The van der Waals surface area contributed by atoms with Crippen molar-refractivity contribution in [3.8, 4) is 0 Å². The highest BCUT2D eigenvalue weighted by Crippen LogP contribution is 2.41. The third kappa shape index (κ3) is 2.45.